The molecule has 2 fully saturated rings. The van der Waals surface area contributed by atoms with Crippen LogP contribution in [0.5, 0.6) is 0 Å². The number of carboxylic acid groups (broad SMARTS) is 1. The van der Waals surface area contributed by atoms with Crippen molar-refractivity contribution in [3.8, 4) is 0 Å². The predicted octanol–water partition coefficient (Wildman–Crippen LogP) is 0.795. The Morgan fingerprint density at radius 2 is 1.86 bits per heavy atom. The van der Waals surface area contributed by atoms with Crippen molar-refractivity contribution in [1.29, 1.82) is 0 Å². The van der Waals surface area contributed by atoms with Crippen LogP contribution in [-0.2, 0) is 9.59 Å². The predicted molar refractivity (Wildman–Crippen MR) is 105 cm³/mol. The standard InChI is InChI=1S/C20H29N3O6/c1-13-11-23(18(28)21-17(13)27)14-12-22(8-7-19(14,2)29)15(24)9-20(10-16(25)26)5-3-4-6-20/h11,14,29H,3-10,12H2,1-2H3,(H,25,26)(H,21,27,28)/t14-,19-/m1/s1. The lowest BCUT2D eigenvalue weighted by Crippen LogP contribution is -2.55. The summed E-state index contributed by atoms with van der Waals surface area (Å²) in [6, 6.07) is -0.706. The molecule has 2 aliphatic rings. The Morgan fingerprint density at radius 1 is 1.21 bits per heavy atom. The first-order valence-corrected chi connectivity index (χ1v) is 10.1. The van der Waals surface area contributed by atoms with Crippen molar-refractivity contribution in [1.82, 2.24) is 14.5 Å². The Labute approximate surface area is 168 Å². The zero-order valence-corrected chi connectivity index (χ0v) is 16.9. The number of aliphatic carboxylic acids is 1. The second kappa shape index (κ2) is 7.78. The zero-order valence-electron chi connectivity index (χ0n) is 16.9. The topological polar surface area (TPSA) is 133 Å². The Morgan fingerprint density at radius 3 is 2.48 bits per heavy atom. The molecule has 0 aromatic carbocycles. The lowest BCUT2D eigenvalue weighted by atomic mass is 9.78. The van der Waals surface area contributed by atoms with Gasteiger partial charge in [-0.25, -0.2) is 4.79 Å². The molecular formula is C20H29N3O6. The maximum Gasteiger partial charge on any atom is 0.328 e. The van der Waals surface area contributed by atoms with Crippen LogP contribution >= 0.6 is 0 Å². The molecule has 1 amide bonds. The molecule has 3 rings (SSSR count). The number of rotatable bonds is 5. The van der Waals surface area contributed by atoms with Gasteiger partial charge in [0.05, 0.1) is 18.1 Å². The van der Waals surface area contributed by atoms with Crippen LogP contribution in [0.25, 0.3) is 0 Å². The number of carboxylic acids is 1. The largest absolute Gasteiger partial charge is 0.481 e. The second-order valence-corrected chi connectivity index (χ2v) is 8.90. The molecule has 0 bridgehead atoms. The summed E-state index contributed by atoms with van der Waals surface area (Å²) in [5, 5.41) is 20.1. The second-order valence-electron chi connectivity index (χ2n) is 8.90. The van der Waals surface area contributed by atoms with Crippen molar-refractivity contribution in [2.45, 2.75) is 70.4 Å². The maximum atomic E-state index is 13.0. The molecule has 1 aliphatic heterocycles. The van der Waals surface area contributed by atoms with Crippen LogP contribution in [0.1, 0.15) is 63.5 Å². The van der Waals surface area contributed by atoms with Crippen molar-refractivity contribution >= 4 is 11.9 Å². The quantitative estimate of drug-likeness (QED) is 0.661. The first kappa shape index (κ1) is 21.3. The molecule has 0 unspecified atom stereocenters. The molecule has 0 radical (unpaired) electrons. The highest BCUT2D eigenvalue weighted by molar-refractivity contribution is 5.78. The van der Waals surface area contributed by atoms with E-state index in [2.05, 4.69) is 4.98 Å². The Kier molecular flexibility index (Phi) is 5.71. The van der Waals surface area contributed by atoms with Gasteiger partial charge in [-0.2, -0.15) is 0 Å². The molecule has 2 atom stereocenters. The molecule has 9 nitrogen and oxygen atoms in total. The number of hydrogen-bond acceptors (Lipinski definition) is 5. The van der Waals surface area contributed by atoms with E-state index in [4.69, 9.17) is 0 Å². The minimum atomic E-state index is -1.22. The van der Waals surface area contributed by atoms with Crippen molar-refractivity contribution in [3.63, 3.8) is 0 Å². The number of carbonyl (C=O) groups is 2. The molecule has 160 valence electrons. The summed E-state index contributed by atoms with van der Waals surface area (Å²) >= 11 is 0. The van der Waals surface area contributed by atoms with Crippen LogP contribution < -0.4 is 11.2 Å². The fourth-order valence-corrected chi connectivity index (χ4v) is 4.75. The number of aliphatic hydroxyl groups is 1. The fraction of sp³-hybridized carbons (Fsp3) is 0.700. The van der Waals surface area contributed by atoms with E-state index in [1.54, 1.807) is 18.7 Å². The highest BCUT2D eigenvalue weighted by atomic mass is 16.4. The molecule has 2 heterocycles. The average Bonchev–Trinajstić information content (AvgIpc) is 3.05. The lowest BCUT2D eigenvalue weighted by Gasteiger charge is -2.44. The van der Waals surface area contributed by atoms with Gasteiger partial charge >= 0.3 is 11.7 Å². The molecule has 9 heteroatoms. The number of aryl methyl sites for hydroxylation is 1. The number of amides is 1. The highest BCUT2D eigenvalue weighted by Crippen LogP contribution is 2.45. The molecule has 1 aromatic rings. The van der Waals surface area contributed by atoms with Crippen molar-refractivity contribution < 1.29 is 19.8 Å². The smallest absolute Gasteiger partial charge is 0.328 e. The molecule has 0 spiro atoms. The number of H-pyrrole nitrogens is 1. The third kappa shape index (κ3) is 4.44. The molecule has 1 aliphatic carbocycles. The van der Waals surface area contributed by atoms with Crippen LogP contribution in [0.3, 0.4) is 0 Å². The third-order valence-corrected chi connectivity index (χ3v) is 6.55. The van der Waals surface area contributed by atoms with E-state index in [-0.39, 0.29) is 31.7 Å². The van der Waals surface area contributed by atoms with Crippen LogP contribution in [0, 0.1) is 12.3 Å². The van der Waals surface area contributed by atoms with Crippen LogP contribution in [0.4, 0.5) is 0 Å². The van der Waals surface area contributed by atoms with Crippen molar-refractivity contribution in [2.24, 2.45) is 5.41 Å². The van der Waals surface area contributed by atoms with Gasteiger partial charge in [0.25, 0.3) is 5.56 Å². The van der Waals surface area contributed by atoms with Gasteiger partial charge in [-0.1, -0.05) is 12.8 Å². The van der Waals surface area contributed by atoms with E-state index in [0.29, 0.717) is 12.1 Å². The van der Waals surface area contributed by atoms with Crippen LogP contribution in [0.2, 0.25) is 0 Å². The number of nitrogens with one attached hydrogen (secondary N) is 1. The number of nitrogens with zero attached hydrogens (tertiary/aromatic N) is 2. The van der Waals surface area contributed by atoms with E-state index >= 15 is 0 Å². The number of aromatic amines is 1. The van der Waals surface area contributed by atoms with Gasteiger partial charge in [-0.05, 0) is 38.5 Å². The van der Waals surface area contributed by atoms with Gasteiger partial charge in [0.1, 0.15) is 0 Å². The molecule has 1 saturated carbocycles. The van der Waals surface area contributed by atoms with Crippen LogP contribution in [0.15, 0.2) is 15.8 Å². The summed E-state index contributed by atoms with van der Waals surface area (Å²) in [5.41, 5.74) is -2.50. The maximum absolute atomic E-state index is 13.0. The SMILES string of the molecule is Cc1cn([C@@H]2CN(C(=O)CC3(CC(=O)O)CCCC3)CC[C@@]2(C)O)c(=O)[nH]c1=O. The van der Waals surface area contributed by atoms with E-state index < -0.39 is 34.3 Å². The molecule has 29 heavy (non-hydrogen) atoms. The molecule has 3 N–H and O–H groups in total. The summed E-state index contributed by atoms with van der Waals surface area (Å²) in [6.07, 6.45) is 5.11. The minimum Gasteiger partial charge on any atom is -0.481 e. The fourth-order valence-electron chi connectivity index (χ4n) is 4.75. The number of carbonyl (C=O) groups excluding carboxylic acids is 1. The number of likely N-dealkylation sites (tertiary alicyclic amines) is 1. The third-order valence-electron chi connectivity index (χ3n) is 6.55. The van der Waals surface area contributed by atoms with E-state index in [9.17, 15) is 29.4 Å². The van der Waals surface area contributed by atoms with Gasteiger partial charge in [0.2, 0.25) is 5.91 Å². The number of aromatic nitrogens is 2. The average molecular weight is 407 g/mol. The van der Waals surface area contributed by atoms with E-state index in [1.165, 1.54) is 10.8 Å². The summed E-state index contributed by atoms with van der Waals surface area (Å²) in [6.45, 7) is 3.66. The summed E-state index contributed by atoms with van der Waals surface area (Å²) < 4.78 is 1.29. The van der Waals surface area contributed by atoms with Gasteiger partial charge in [-0.3, -0.25) is 23.9 Å². The van der Waals surface area contributed by atoms with Gasteiger partial charge in [-0.15, -0.1) is 0 Å². The number of piperidine rings is 1. The first-order chi connectivity index (χ1) is 13.5. The Bertz CT molecular complexity index is 910. The van der Waals surface area contributed by atoms with Crippen molar-refractivity contribution in [2.75, 3.05) is 13.1 Å². The molecule has 1 saturated heterocycles. The van der Waals surface area contributed by atoms with Crippen molar-refractivity contribution in [3.05, 3.63) is 32.6 Å². The van der Waals surface area contributed by atoms with Crippen LogP contribution in [-0.4, -0.2) is 55.2 Å². The monoisotopic (exact) mass is 407 g/mol. The Balaban J connectivity index is 1.83. The zero-order chi connectivity index (χ0) is 21.4. The lowest BCUT2D eigenvalue weighted by molar-refractivity contribution is -0.144. The summed E-state index contributed by atoms with van der Waals surface area (Å²) in [4.78, 5) is 52.2. The first-order valence-electron chi connectivity index (χ1n) is 10.1. The van der Waals surface area contributed by atoms with E-state index in [1.807, 2.05) is 0 Å². The molecular weight excluding hydrogens is 378 g/mol. The minimum absolute atomic E-state index is 0.0215. The highest BCUT2D eigenvalue weighted by Gasteiger charge is 2.43. The Hall–Kier alpha value is -2.42. The summed E-state index contributed by atoms with van der Waals surface area (Å²) in [5.74, 6) is -1.04. The van der Waals surface area contributed by atoms with Gasteiger partial charge in [0.15, 0.2) is 0 Å². The summed E-state index contributed by atoms with van der Waals surface area (Å²) in [7, 11) is 0. The van der Waals surface area contributed by atoms with Gasteiger partial charge in [0, 0.05) is 31.3 Å². The normalized spacial score (nSPS) is 26.4. The van der Waals surface area contributed by atoms with E-state index in [0.717, 1.165) is 25.7 Å². The molecule has 1 aromatic heterocycles. The van der Waals surface area contributed by atoms with Gasteiger partial charge < -0.3 is 15.1 Å². The number of hydrogen-bond donors (Lipinski definition) is 3.